The van der Waals surface area contributed by atoms with Crippen LogP contribution in [0.2, 0.25) is 0 Å². The van der Waals surface area contributed by atoms with E-state index in [0.29, 0.717) is 0 Å². The molecule has 1 unspecified atom stereocenters. The molecule has 0 spiro atoms. The Bertz CT molecular complexity index is 312. The van der Waals surface area contributed by atoms with Crippen molar-refractivity contribution in [3.05, 3.63) is 33.9 Å². The van der Waals surface area contributed by atoms with E-state index in [1.54, 1.807) is 6.20 Å². The zero-order valence-electron chi connectivity index (χ0n) is 7.22. The van der Waals surface area contributed by atoms with Crippen LogP contribution in [0.5, 0.6) is 0 Å². The summed E-state index contributed by atoms with van der Waals surface area (Å²) in [5.41, 5.74) is 0. The van der Waals surface area contributed by atoms with Crippen molar-refractivity contribution in [1.82, 2.24) is 4.98 Å². The Balaban J connectivity index is 2.83. The van der Waals surface area contributed by atoms with Crippen molar-refractivity contribution in [1.29, 1.82) is 0 Å². The summed E-state index contributed by atoms with van der Waals surface area (Å²) in [5, 5.41) is 3.19. The van der Waals surface area contributed by atoms with Crippen LogP contribution >= 0.6 is 31.9 Å². The van der Waals surface area contributed by atoms with Gasteiger partial charge in [-0.2, -0.15) is 0 Å². The van der Waals surface area contributed by atoms with Crippen LogP contribution < -0.4 is 5.32 Å². The lowest BCUT2D eigenvalue weighted by atomic mass is 10.3. The SMILES string of the molecule is C=CC(C)Nc1ncc(Br)cc1Br. The Morgan fingerprint density at radius 3 is 2.85 bits per heavy atom. The molecule has 4 heteroatoms. The highest BCUT2D eigenvalue weighted by Gasteiger charge is 2.03. The van der Waals surface area contributed by atoms with Crippen molar-refractivity contribution in [3.63, 3.8) is 0 Å². The summed E-state index contributed by atoms with van der Waals surface area (Å²) < 4.78 is 1.90. The first-order chi connectivity index (χ1) is 6.13. The van der Waals surface area contributed by atoms with Crippen LogP contribution in [0.15, 0.2) is 33.9 Å². The topological polar surface area (TPSA) is 24.9 Å². The fraction of sp³-hybridized carbons (Fsp3) is 0.222. The maximum atomic E-state index is 4.21. The fourth-order valence-electron chi connectivity index (χ4n) is 0.795. The predicted molar refractivity (Wildman–Crippen MR) is 62.9 cm³/mol. The molecule has 1 N–H and O–H groups in total. The summed E-state index contributed by atoms with van der Waals surface area (Å²) >= 11 is 6.75. The molecule has 13 heavy (non-hydrogen) atoms. The number of anilines is 1. The van der Waals surface area contributed by atoms with Crippen LogP contribution in [0.3, 0.4) is 0 Å². The number of aromatic nitrogens is 1. The molecule has 0 bridgehead atoms. The van der Waals surface area contributed by atoms with Crippen LogP contribution in [0, 0.1) is 0 Å². The molecular formula is C9H10Br2N2. The van der Waals surface area contributed by atoms with Crippen molar-refractivity contribution in [2.75, 3.05) is 5.32 Å². The van der Waals surface area contributed by atoms with Gasteiger partial charge in [-0.25, -0.2) is 4.98 Å². The Labute approximate surface area is 94.7 Å². The average molecular weight is 306 g/mol. The number of nitrogens with zero attached hydrogens (tertiary/aromatic N) is 1. The molecule has 0 aliphatic rings. The van der Waals surface area contributed by atoms with Crippen molar-refractivity contribution >= 4 is 37.7 Å². The van der Waals surface area contributed by atoms with Crippen molar-refractivity contribution in [3.8, 4) is 0 Å². The van der Waals surface area contributed by atoms with E-state index in [4.69, 9.17) is 0 Å². The van der Waals surface area contributed by atoms with Crippen molar-refractivity contribution in [2.24, 2.45) is 0 Å². The summed E-state index contributed by atoms with van der Waals surface area (Å²) in [6.45, 7) is 5.71. The van der Waals surface area contributed by atoms with Gasteiger partial charge in [0.05, 0.1) is 4.47 Å². The van der Waals surface area contributed by atoms with Gasteiger partial charge in [-0.05, 0) is 44.8 Å². The van der Waals surface area contributed by atoms with Crippen molar-refractivity contribution in [2.45, 2.75) is 13.0 Å². The Morgan fingerprint density at radius 2 is 2.31 bits per heavy atom. The maximum Gasteiger partial charge on any atom is 0.140 e. The monoisotopic (exact) mass is 304 g/mol. The molecule has 1 atom stereocenters. The summed E-state index contributed by atoms with van der Waals surface area (Å²) in [7, 11) is 0. The van der Waals surface area contributed by atoms with E-state index < -0.39 is 0 Å². The van der Waals surface area contributed by atoms with Gasteiger partial charge < -0.3 is 5.32 Å². The third-order valence-electron chi connectivity index (χ3n) is 1.53. The molecule has 0 saturated carbocycles. The minimum atomic E-state index is 0.213. The lowest BCUT2D eigenvalue weighted by Crippen LogP contribution is -2.12. The highest BCUT2D eigenvalue weighted by molar-refractivity contribution is 9.11. The highest BCUT2D eigenvalue weighted by Crippen LogP contribution is 2.23. The van der Waals surface area contributed by atoms with E-state index in [2.05, 4.69) is 48.7 Å². The molecule has 1 heterocycles. The van der Waals surface area contributed by atoms with Gasteiger partial charge in [-0.15, -0.1) is 6.58 Å². The molecule has 0 aromatic carbocycles. The van der Waals surface area contributed by atoms with Crippen LogP contribution in [0.4, 0.5) is 5.82 Å². The number of hydrogen-bond donors (Lipinski definition) is 1. The largest absolute Gasteiger partial charge is 0.363 e. The fourth-order valence-corrected chi connectivity index (χ4v) is 1.90. The van der Waals surface area contributed by atoms with E-state index in [-0.39, 0.29) is 6.04 Å². The molecule has 0 amide bonds. The van der Waals surface area contributed by atoms with Gasteiger partial charge in [0.25, 0.3) is 0 Å². The Morgan fingerprint density at radius 1 is 1.62 bits per heavy atom. The number of pyridine rings is 1. The quantitative estimate of drug-likeness (QED) is 0.863. The molecule has 0 saturated heterocycles. The smallest absolute Gasteiger partial charge is 0.140 e. The minimum absolute atomic E-state index is 0.213. The van der Waals surface area contributed by atoms with Gasteiger partial charge in [0.1, 0.15) is 5.82 Å². The first-order valence-electron chi connectivity index (χ1n) is 3.83. The molecule has 1 rings (SSSR count). The third-order valence-corrected chi connectivity index (χ3v) is 2.56. The van der Waals surface area contributed by atoms with Gasteiger partial charge in [-0.1, -0.05) is 6.08 Å². The van der Waals surface area contributed by atoms with Gasteiger partial charge in [0, 0.05) is 16.7 Å². The predicted octanol–water partition coefficient (Wildman–Crippen LogP) is 3.59. The lowest BCUT2D eigenvalue weighted by Gasteiger charge is -2.11. The second-order valence-corrected chi connectivity index (χ2v) is 4.42. The zero-order valence-corrected chi connectivity index (χ0v) is 10.4. The first-order valence-corrected chi connectivity index (χ1v) is 5.42. The molecule has 0 aliphatic heterocycles. The molecule has 2 nitrogen and oxygen atoms in total. The van der Waals surface area contributed by atoms with E-state index >= 15 is 0 Å². The summed E-state index contributed by atoms with van der Waals surface area (Å²) in [6, 6.07) is 2.16. The van der Waals surface area contributed by atoms with E-state index in [1.807, 2.05) is 19.1 Å². The lowest BCUT2D eigenvalue weighted by molar-refractivity contribution is 0.980. The molecule has 0 radical (unpaired) electrons. The highest BCUT2D eigenvalue weighted by atomic mass is 79.9. The van der Waals surface area contributed by atoms with Gasteiger partial charge >= 0.3 is 0 Å². The maximum absolute atomic E-state index is 4.21. The number of rotatable bonds is 3. The van der Waals surface area contributed by atoms with Gasteiger partial charge in [0.2, 0.25) is 0 Å². The van der Waals surface area contributed by atoms with E-state index in [9.17, 15) is 0 Å². The van der Waals surface area contributed by atoms with E-state index in [1.165, 1.54) is 0 Å². The third kappa shape index (κ3) is 3.12. The standard InChI is InChI=1S/C9H10Br2N2/c1-3-6(2)13-9-8(11)4-7(10)5-12-9/h3-6H,1H2,2H3,(H,12,13). The molecule has 0 fully saturated rings. The molecule has 1 aromatic rings. The Kier molecular flexibility index (Phi) is 3.93. The van der Waals surface area contributed by atoms with E-state index in [0.717, 1.165) is 14.8 Å². The minimum Gasteiger partial charge on any atom is -0.363 e. The van der Waals surface area contributed by atoms with Crippen LogP contribution in [0.25, 0.3) is 0 Å². The molecule has 0 aliphatic carbocycles. The number of nitrogens with one attached hydrogen (secondary N) is 1. The zero-order chi connectivity index (χ0) is 9.84. The number of hydrogen-bond acceptors (Lipinski definition) is 2. The Hall–Kier alpha value is -0.350. The average Bonchev–Trinajstić information content (AvgIpc) is 2.09. The molecule has 70 valence electrons. The van der Waals surface area contributed by atoms with Crippen LogP contribution in [0.1, 0.15) is 6.92 Å². The number of halogens is 2. The molecule has 1 aromatic heterocycles. The second kappa shape index (κ2) is 4.77. The normalized spacial score (nSPS) is 12.2. The molecular weight excluding hydrogens is 296 g/mol. The second-order valence-electron chi connectivity index (χ2n) is 2.65. The summed E-state index contributed by atoms with van der Waals surface area (Å²) in [6.07, 6.45) is 3.58. The first kappa shape index (κ1) is 10.7. The van der Waals surface area contributed by atoms with Crippen LogP contribution in [-0.2, 0) is 0 Å². The van der Waals surface area contributed by atoms with Crippen LogP contribution in [-0.4, -0.2) is 11.0 Å². The van der Waals surface area contributed by atoms with Crippen molar-refractivity contribution < 1.29 is 0 Å². The summed E-state index contributed by atoms with van der Waals surface area (Å²) in [5.74, 6) is 0.829. The summed E-state index contributed by atoms with van der Waals surface area (Å²) in [4.78, 5) is 4.21. The van der Waals surface area contributed by atoms with Gasteiger partial charge in [-0.3, -0.25) is 0 Å². The van der Waals surface area contributed by atoms with Gasteiger partial charge in [0.15, 0.2) is 0 Å².